The Labute approximate surface area is 134 Å². The number of aliphatic hydroxyl groups excluding tert-OH is 1. The molecule has 0 spiro atoms. The van der Waals surface area contributed by atoms with Gasteiger partial charge < -0.3 is 15.2 Å². The molecule has 6 heteroatoms. The van der Waals surface area contributed by atoms with E-state index in [2.05, 4.69) is 10.3 Å². The van der Waals surface area contributed by atoms with E-state index in [1.807, 2.05) is 44.2 Å². The van der Waals surface area contributed by atoms with Crippen LogP contribution in [0.25, 0.3) is 0 Å². The van der Waals surface area contributed by atoms with Crippen LogP contribution in [0, 0.1) is 5.92 Å². The minimum atomic E-state index is -0.715. The highest BCUT2D eigenvalue weighted by Crippen LogP contribution is 2.34. The minimum absolute atomic E-state index is 0.0148. The van der Waals surface area contributed by atoms with E-state index in [0.717, 1.165) is 12.1 Å². The van der Waals surface area contributed by atoms with E-state index in [4.69, 9.17) is 4.74 Å². The third kappa shape index (κ3) is 3.13. The van der Waals surface area contributed by atoms with Crippen molar-refractivity contribution in [3.63, 3.8) is 0 Å². The summed E-state index contributed by atoms with van der Waals surface area (Å²) in [6, 6.07) is 11.2. The van der Waals surface area contributed by atoms with Gasteiger partial charge in [-0.25, -0.2) is 4.79 Å². The maximum Gasteiger partial charge on any atom is 0.351 e. The third-order valence-electron chi connectivity index (χ3n) is 4.28. The molecule has 0 bridgehead atoms. The van der Waals surface area contributed by atoms with E-state index < -0.39 is 18.0 Å². The zero-order valence-corrected chi connectivity index (χ0v) is 13.2. The summed E-state index contributed by atoms with van der Waals surface area (Å²) < 4.78 is 7.17. The predicted molar refractivity (Wildman–Crippen MR) is 87.6 cm³/mol. The largest absolute Gasteiger partial charge is 0.388 e. The summed E-state index contributed by atoms with van der Waals surface area (Å²) in [6.07, 6.45) is 0.959. The molecule has 4 atom stereocenters. The summed E-state index contributed by atoms with van der Waals surface area (Å²) in [6.45, 7) is 3.94. The third-order valence-corrected chi connectivity index (χ3v) is 4.28. The van der Waals surface area contributed by atoms with Crippen molar-refractivity contribution >= 4 is 11.5 Å². The zero-order valence-electron chi connectivity index (χ0n) is 13.2. The van der Waals surface area contributed by atoms with Crippen molar-refractivity contribution in [2.24, 2.45) is 5.92 Å². The van der Waals surface area contributed by atoms with Gasteiger partial charge in [-0.3, -0.25) is 4.57 Å². The number of ether oxygens (including phenoxy) is 1. The van der Waals surface area contributed by atoms with Crippen LogP contribution < -0.4 is 11.0 Å². The van der Waals surface area contributed by atoms with Crippen molar-refractivity contribution < 1.29 is 9.84 Å². The number of anilines is 2. The quantitative estimate of drug-likeness (QED) is 0.905. The number of nitrogens with one attached hydrogen (secondary N) is 1. The monoisotopic (exact) mass is 315 g/mol. The van der Waals surface area contributed by atoms with Crippen molar-refractivity contribution in [1.29, 1.82) is 0 Å². The van der Waals surface area contributed by atoms with Gasteiger partial charge in [0.1, 0.15) is 11.9 Å². The van der Waals surface area contributed by atoms with E-state index in [1.54, 1.807) is 12.3 Å². The summed E-state index contributed by atoms with van der Waals surface area (Å²) in [5.41, 5.74) is 0.410. The Balaban J connectivity index is 1.82. The topological polar surface area (TPSA) is 76.4 Å². The second-order valence-electron chi connectivity index (χ2n) is 5.82. The van der Waals surface area contributed by atoms with Gasteiger partial charge in [-0.1, -0.05) is 32.0 Å². The predicted octanol–water partition coefficient (Wildman–Crippen LogP) is 2.29. The van der Waals surface area contributed by atoms with Crippen LogP contribution in [0.2, 0.25) is 0 Å². The van der Waals surface area contributed by atoms with Crippen LogP contribution in [0.15, 0.2) is 47.4 Å². The first-order chi connectivity index (χ1) is 11.1. The fourth-order valence-corrected chi connectivity index (χ4v) is 2.91. The normalized spacial score (nSPS) is 27.1. The Bertz CT molecular complexity index is 717. The van der Waals surface area contributed by atoms with E-state index in [0.29, 0.717) is 5.82 Å². The standard InChI is InChI=1S/C17H21N3O3/c1-3-13-11(2)15(21)16(23-13)20-10-9-14(19-17(20)22)18-12-7-5-4-6-8-12/h4-11,13,15-16,21H,3H2,1-2H3,(H,18,19,22)/t11-,13+,15?,16+/m0/s1. The molecule has 0 saturated carbocycles. The van der Waals surface area contributed by atoms with Gasteiger partial charge in [-0.05, 0) is 24.6 Å². The van der Waals surface area contributed by atoms with Crippen molar-refractivity contribution in [3.05, 3.63) is 53.1 Å². The molecule has 1 fully saturated rings. The van der Waals surface area contributed by atoms with Gasteiger partial charge in [0.05, 0.1) is 6.10 Å². The average Bonchev–Trinajstić information content (AvgIpc) is 2.84. The fourth-order valence-electron chi connectivity index (χ4n) is 2.91. The number of benzene rings is 1. The van der Waals surface area contributed by atoms with Crippen molar-refractivity contribution in [2.75, 3.05) is 5.32 Å². The number of hydrogen-bond donors (Lipinski definition) is 2. The van der Waals surface area contributed by atoms with Crippen molar-refractivity contribution in [1.82, 2.24) is 9.55 Å². The summed E-state index contributed by atoms with van der Waals surface area (Å²) >= 11 is 0. The smallest absolute Gasteiger partial charge is 0.351 e. The maximum absolute atomic E-state index is 12.3. The van der Waals surface area contributed by atoms with Gasteiger partial charge in [0, 0.05) is 17.8 Å². The van der Waals surface area contributed by atoms with Gasteiger partial charge >= 0.3 is 5.69 Å². The van der Waals surface area contributed by atoms with Gasteiger partial charge in [-0.2, -0.15) is 4.98 Å². The molecule has 1 aliphatic rings. The lowest BCUT2D eigenvalue weighted by molar-refractivity contribution is -0.0403. The van der Waals surface area contributed by atoms with E-state index in [1.165, 1.54) is 4.57 Å². The Kier molecular flexibility index (Phi) is 4.45. The summed E-state index contributed by atoms with van der Waals surface area (Å²) in [7, 11) is 0. The van der Waals surface area contributed by atoms with Crippen molar-refractivity contribution in [3.8, 4) is 0 Å². The molecule has 2 aromatic rings. The Hall–Kier alpha value is -2.18. The number of hydrogen-bond acceptors (Lipinski definition) is 5. The molecule has 2 heterocycles. The number of para-hydroxylation sites is 1. The van der Waals surface area contributed by atoms with Crippen LogP contribution in [0.4, 0.5) is 11.5 Å². The molecule has 1 unspecified atom stereocenters. The Morgan fingerprint density at radius 2 is 2.04 bits per heavy atom. The van der Waals surface area contributed by atoms with Crippen LogP contribution in [0.1, 0.15) is 26.5 Å². The fraction of sp³-hybridized carbons (Fsp3) is 0.412. The van der Waals surface area contributed by atoms with Crippen molar-refractivity contribution in [2.45, 2.75) is 38.7 Å². The zero-order chi connectivity index (χ0) is 16.4. The molecule has 3 rings (SSSR count). The molecule has 1 saturated heterocycles. The average molecular weight is 315 g/mol. The SMILES string of the molecule is CC[C@H]1O[C@@H](n2ccc(Nc3ccccc3)nc2=O)C(O)[C@H]1C. The lowest BCUT2D eigenvalue weighted by Crippen LogP contribution is -2.33. The Morgan fingerprint density at radius 3 is 2.65 bits per heavy atom. The molecular formula is C17H21N3O3. The molecule has 1 aliphatic heterocycles. The summed E-state index contributed by atoms with van der Waals surface area (Å²) in [5, 5.41) is 13.4. The van der Waals surface area contributed by atoms with E-state index in [9.17, 15) is 9.90 Å². The molecule has 1 aromatic heterocycles. The first-order valence-corrected chi connectivity index (χ1v) is 7.85. The summed E-state index contributed by atoms with van der Waals surface area (Å²) in [4.78, 5) is 16.3. The molecule has 0 aliphatic carbocycles. The van der Waals surface area contributed by atoms with Gasteiger partial charge in [0.2, 0.25) is 0 Å². The molecule has 0 amide bonds. The van der Waals surface area contributed by atoms with Crippen LogP contribution in [0.5, 0.6) is 0 Å². The minimum Gasteiger partial charge on any atom is -0.388 e. The number of nitrogens with zero attached hydrogens (tertiary/aromatic N) is 2. The number of aromatic nitrogens is 2. The lowest BCUT2D eigenvalue weighted by atomic mass is 9.99. The van der Waals surface area contributed by atoms with Gasteiger partial charge in [-0.15, -0.1) is 0 Å². The summed E-state index contributed by atoms with van der Waals surface area (Å²) in [5.74, 6) is 0.448. The maximum atomic E-state index is 12.3. The second-order valence-corrected chi connectivity index (χ2v) is 5.82. The van der Waals surface area contributed by atoms with Crippen LogP contribution in [-0.4, -0.2) is 26.9 Å². The van der Waals surface area contributed by atoms with Gasteiger partial charge in [0.25, 0.3) is 0 Å². The Morgan fingerprint density at radius 1 is 1.30 bits per heavy atom. The van der Waals surface area contributed by atoms with E-state index in [-0.39, 0.29) is 12.0 Å². The second kappa shape index (κ2) is 6.52. The highest BCUT2D eigenvalue weighted by atomic mass is 16.5. The number of aliphatic hydroxyl groups is 1. The first kappa shape index (κ1) is 15.7. The van der Waals surface area contributed by atoms with Crippen LogP contribution >= 0.6 is 0 Å². The van der Waals surface area contributed by atoms with Crippen LogP contribution in [0.3, 0.4) is 0 Å². The highest BCUT2D eigenvalue weighted by molar-refractivity contribution is 5.54. The number of rotatable bonds is 4. The lowest BCUT2D eigenvalue weighted by Gasteiger charge is -2.18. The molecule has 122 valence electrons. The first-order valence-electron chi connectivity index (χ1n) is 7.85. The van der Waals surface area contributed by atoms with Gasteiger partial charge in [0.15, 0.2) is 6.23 Å². The molecular weight excluding hydrogens is 294 g/mol. The molecule has 23 heavy (non-hydrogen) atoms. The molecule has 0 radical (unpaired) electrons. The highest BCUT2D eigenvalue weighted by Gasteiger charge is 2.41. The molecule has 6 nitrogen and oxygen atoms in total. The van der Waals surface area contributed by atoms with E-state index >= 15 is 0 Å². The molecule has 2 N–H and O–H groups in total. The van der Waals surface area contributed by atoms with Crippen LogP contribution in [-0.2, 0) is 4.74 Å². The molecule has 1 aromatic carbocycles.